The summed E-state index contributed by atoms with van der Waals surface area (Å²) in [4.78, 5) is 14.7. The van der Waals surface area contributed by atoms with Crippen molar-refractivity contribution in [2.45, 2.75) is 19.3 Å². The standard InChI is InChI=1S/C18H26N2O3/c1-22-16-4-3-13(9-17(16)23-2)10-18(21)20-7-5-14-11-19-12-15(14)6-8-20/h3-4,9,14-15,19H,5-8,10-12H2,1-2H3/t14-,15+. The van der Waals surface area contributed by atoms with E-state index in [0.29, 0.717) is 17.9 Å². The van der Waals surface area contributed by atoms with Gasteiger partial charge in [-0.2, -0.15) is 0 Å². The Morgan fingerprint density at radius 3 is 2.39 bits per heavy atom. The molecule has 5 heteroatoms. The Bertz CT molecular complexity index is 547. The molecule has 0 radical (unpaired) electrons. The molecule has 126 valence electrons. The number of carbonyl (C=O) groups excluding carboxylic acids is 1. The largest absolute Gasteiger partial charge is 0.493 e. The van der Waals surface area contributed by atoms with E-state index in [-0.39, 0.29) is 5.91 Å². The zero-order valence-corrected chi connectivity index (χ0v) is 14.0. The minimum absolute atomic E-state index is 0.213. The number of nitrogens with one attached hydrogen (secondary N) is 1. The summed E-state index contributed by atoms with van der Waals surface area (Å²) in [6.45, 7) is 3.99. The number of likely N-dealkylation sites (tertiary alicyclic amines) is 1. The van der Waals surface area contributed by atoms with Gasteiger partial charge in [-0.05, 0) is 55.5 Å². The van der Waals surface area contributed by atoms with Gasteiger partial charge in [-0.1, -0.05) is 6.07 Å². The number of fused-ring (bicyclic) bond motifs is 1. The molecule has 2 aliphatic rings. The first kappa shape index (κ1) is 16.1. The van der Waals surface area contributed by atoms with Crippen molar-refractivity contribution < 1.29 is 14.3 Å². The maximum absolute atomic E-state index is 12.6. The number of benzene rings is 1. The van der Waals surface area contributed by atoms with Gasteiger partial charge in [0, 0.05) is 13.1 Å². The van der Waals surface area contributed by atoms with Crippen molar-refractivity contribution in [3.8, 4) is 11.5 Å². The Morgan fingerprint density at radius 1 is 1.13 bits per heavy atom. The van der Waals surface area contributed by atoms with Crippen LogP contribution < -0.4 is 14.8 Å². The van der Waals surface area contributed by atoms with Gasteiger partial charge in [0.1, 0.15) is 0 Å². The molecule has 2 heterocycles. The molecule has 23 heavy (non-hydrogen) atoms. The smallest absolute Gasteiger partial charge is 0.226 e. The highest BCUT2D eigenvalue weighted by molar-refractivity contribution is 5.79. The number of ether oxygens (including phenoxy) is 2. The average molecular weight is 318 g/mol. The van der Waals surface area contributed by atoms with Gasteiger partial charge in [0.15, 0.2) is 11.5 Å². The van der Waals surface area contributed by atoms with Gasteiger partial charge in [0.25, 0.3) is 0 Å². The second-order valence-electron chi connectivity index (χ2n) is 6.50. The molecule has 0 aromatic heterocycles. The number of amides is 1. The van der Waals surface area contributed by atoms with E-state index in [1.807, 2.05) is 23.1 Å². The van der Waals surface area contributed by atoms with Crippen LogP contribution >= 0.6 is 0 Å². The van der Waals surface area contributed by atoms with E-state index in [1.54, 1.807) is 14.2 Å². The van der Waals surface area contributed by atoms with Crippen LogP contribution in [0.5, 0.6) is 11.5 Å². The monoisotopic (exact) mass is 318 g/mol. The molecule has 1 aromatic carbocycles. The van der Waals surface area contributed by atoms with Crippen LogP contribution in [0.15, 0.2) is 18.2 Å². The Kier molecular flexibility index (Phi) is 5.06. The Morgan fingerprint density at radius 2 is 1.78 bits per heavy atom. The molecule has 3 rings (SSSR count). The first-order valence-electron chi connectivity index (χ1n) is 8.40. The van der Waals surface area contributed by atoms with E-state index >= 15 is 0 Å². The van der Waals surface area contributed by atoms with Gasteiger partial charge in [0.05, 0.1) is 20.6 Å². The lowest BCUT2D eigenvalue weighted by atomic mass is 9.92. The molecule has 0 spiro atoms. The van der Waals surface area contributed by atoms with Crippen molar-refractivity contribution >= 4 is 5.91 Å². The molecule has 0 bridgehead atoms. The van der Waals surface area contributed by atoms with Crippen LogP contribution in [0.3, 0.4) is 0 Å². The van der Waals surface area contributed by atoms with Crippen LogP contribution in [0, 0.1) is 11.8 Å². The molecule has 1 N–H and O–H groups in total. The highest BCUT2D eigenvalue weighted by Crippen LogP contribution is 2.29. The maximum Gasteiger partial charge on any atom is 0.226 e. The zero-order valence-electron chi connectivity index (χ0n) is 14.0. The molecular weight excluding hydrogens is 292 g/mol. The van der Waals surface area contributed by atoms with Gasteiger partial charge in [0.2, 0.25) is 5.91 Å². The van der Waals surface area contributed by atoms with Crippen molar-refractivity contribution in [2.24, 2.45) is 11.8 Å². The molecule has 1 amide bonds. The summed E-state index contributed by atoms with van der Waals surface area (Å²) in [6.07, 6.45) is 2.67. The van der Waals surface area contributed by atoms with Crippen molar-refractivity contribution in [1.29, 1.82) is 0 Å². The minimum Gasteiger partial charge on any atom is -0.493 e. The molecule has 2 saturated heterocycles. The summed E-state index contributed by atoms with van der Waals surface area (Å²) in [5, 5.41) is 3.47. The van der Waals surface area contributed by atoms with Crippen LogP contribution in [-0.2, 0) is 11.2 Å². The fourth-order valence-corrected chi connectivity index (χ4v) is 3.74. The predicted molar refractivity (Wildman–Crippen MR) is 88.9 cm³/mol. The van der Waals surface area contributed by atoms with Crippen LogP contribution in [0.2, 0.25) is 0 Å². The number of methoxy groups -OCH3 is 2. The van der Waals surface area contributed by atoms with Crippen molar-refractivity contribution in [3.63, 3.8) is 0 Å². The quantitative estimate of drug-likeness (QED) is 0.918. The molecule has 5 nitrogen and oxygen atoms in total. The van der Waals surface area contributed by atoms with Gasteiger partial charge < -0.3 is 19.7 Å². The second kappa shape index (κ2) is 7.21. The summed E-state index contributed by atoms with van der Waals surface area (Å²) in [5.74, 6) is 3.07. The summed E-state index contributed by atoms with van der Waals surface area (Å²) in [6, 6.07) is 5.70. The molecule has 0 unspecified atom stereocenters. The molecule has 2 atom stereocenters. The van der Waals surface area contributed by atoms with Crippen molar-refractivity contribution in [2.75, 3.05) is 40.4 Å². The van der Waals surface area contributed by atoms with Gasteiger partial charge >= 0.3 is 0 Å². The third-order valence-electron chi connectivity index (χ3n) is 5.18. The van der Waals surface area contributed by atoms with E-state index in [1.165, 1.54) is 0 Å². The normalized spacial score (nSPS) is 24.0. The maximum atomic E-state index is 12.6. The Hall–Kier alpha value is -1.75. The predicted octanol–water partition coefficient (Wildman–Crippen LogP) is 1.70. The number of rotatable bonds is 4. The summed E-state index contributed by atoms with van der Waals surface area (Å²) in [7, 11) is 3.23. The van der Waals surface area contributed by atoms with Gasteiger partial charge in [-0.25, -0.2) is 0 Å². The molecular formula is C18H26N2O3. The van der Waals surface area contributed by atoms with Crippen molar-refractivity contribution in [1.82, 2.24) is 10.2 Å². The number of hydrogen-bond donors (Lipinski definition) is 1. The van der Waals surface area contributed by atoms with Crippen LogP contribution in [0.25, 0.3) is 0 Å². The van der Waals surface area contributed by atoms with E-state index in [9.17, 15) is 4.79 Å². The average Bonchev–Trinajstić information content (AvgIpc) is 2.92. The van der Waals surface area contributed by atoms with Crippen LogP contribution in [0.1, 0.15) is 18.4 Å². The second-order valence-corrected chi connectivity index (χ2v) is 6.50. The molecule has 2 fully saturated rings. The number of nitrogens with zero attached hydrogens (tertiary/aromatic N) is 1. The highest BCUT2D eigenvalue weighted by atomic mass is 16.5. The van der Waals surface area contributed by atoms with E-state index in [4.69, 9.17) is 9.47 Å². The van der Waals surface area contributed by atoms with E-state index in [0.717, 1.165) is 56.4 Å². The van der Waals surface area contributed by atoms with Crippen LogP contribution in [-0.4, -0.2) is 51.2 Å². The fraction of sp³-hybridized carbons (Fsp3) is 0.611. The number of hydrogen-bond acceptors (Lipinski definition) is 4. The first-order valence-corrected chi connectivity index (χ1v) is 8.40. The lowest BCUT2D eigenvalue weighted by Crippen LogP contribution is -2.33. The zero-order chi connectivity index (χ0) is 16.2. The Balaban J connectivity index is 1.62. The summed E-state index contributed by atoms with van der Waals surface area (Å²) in [5.41, 5.74) is 0.971. The third-order valence-corrected chi connectivity index (χ3v) is 5.18. The van der Waals surface area contributed by atoms with Crippen molar-refractivity contribution in [3.05, 3.63) is 23.8 Å². The topological polar surface area (TPSA) is 50.8 Å². The van der Waals surface area contributed by atoms with Crippen LogP contribution in [0.4, 0.5) is 0 Å². The van der Waals surface area contributed by atoms with E-state index < -0.39 is 0 Å². The third kappa shape index (κ3) is 3.61. The Labute approximate surface area is 137 Å². The van der Waals surface area contributed by atoms with Gasteiger partial charge in [-0.3, -0.25) is 4.79 Å². The minimum atomic E-state index is 0.213. The summed E-state index contributed by atoms with van der Waals surface area (Å²) < 4.78 is 10.6. The molecule has 0 saturated carbocycles. The van der Waals surface area contributed by atoms with Gasteiger partial charge in [-0.15, -0.1) is 0 Å². The number of carbonyl (C=O) groups is 1. The van der Waals surface area contributed by atoms with E-state index in [2.05, 4.69) is 5.32 Å². The fourth-order valence-electron chi connectivity index (χ4n) is 3.74. The molecule has 0 aliphatic carbocycles. The molecule has 2 aliphatic heterocycles. The highest BCUT2D eigenvalue weighted by Gasteiger charge is 2.31. The first-order chi connectivity index (χ1) is 11.2. The lowest BCUT2D eigenvalue weighted by Gasteiger charge is -2.21. The SMILES string of the molecule is COc1ccc(CC(=O)N2CC[C@@H]3CNC[C@@H]3CC2)cc1OC. The molecule has 1 aromatic rings. The summed E-state index contributed by atoms with van der Waals surface area (Å²) >= 11 is 0. The lowest BCUT2D eigenvalue weighted by molar-refractivity contribution is -0.130.